The smallest absolute Gasteiger partial charge is 0.329 e. The minimum Gasteiger partial charge on any atom is -0.329 e. The Morgan fingerprint density at radius 1 is 1.09 bits per heavy atom. The fraction of sp³-hybridized carbons (Fsp3) is 0.400. The third-order valence-electron chi connectivity index (χ3n) is 6.56. The molecule has 1 fully saturated rings. The molecule has 2 aromatic heterocycles. The molecule has 6 nitrogen and oxygen atoms in total. The van der Waals surface area contributed by atoms with Crippen molar-refractivity contribution in [1.82, 2.24) is 19.0 Å². The van der Waals surface area contributed by atoms with Gasteiger partial charge in [-0.3, -0.25) is 9.59 Å². The third kappa shape index (κ3) is 4.26. The van der Waals surface area contributed by atoms with Crippen LogP contribution in [0.15, 0.2) is 47.7 Å². The molecule has 0 N–H and O–H groups in total. The number of fused-ring (bicyclic) bond motifs is 1. The van der Waals surface area contributed by atoms with Crippen molar-refractivity contribution in [3.8, 4) is 5.69 Å². The van der Waals surface area contributed by atoms with Gasteiger partial charge in [0.1, 0.15) is 11.4 Å². The average molecular weight is 470 g/mol. The predicted molar refractivity (Wildman–Crippen MR) is 120 cm³/mol. The van der Waals surface area contributed by atoms with Crippen molar-refractivity contribution in [2.45, 2.75) is 58.4 Å². The van der Waals surface area contributed by atoms with Crippen molar-refractivity contribution in [1.29, 1.82) is 0 Å². The number of amides is 1. The highest BCUT2D eigenvalue weighted by Crippen LogP contribution is 2.36. The Bertz CT molecular complexity index is 1320. The first kappa shape index (κ1) is 22.4. The SMILES string of the molecule is Cc1cn(-c2ccc3n(c2=O)C[C@@H](C)N(Cc2cc(CC4CC4)cc(C(F)(F)F)c2)C3=O)cn1. The zero-order chi connectivity index (χ0) is 24.2. The number of aryl methyl sites for hydroxylation is 1. The van der Waals surface area contributed by atoms with Crippen molar-refractivity contribution in [2.75, 3.05) is 0 Å². The van der Waals surface area contributed by atoms with Crippen LogP contribution in [0.5, 0.6) is 0 Å². The first-order valence-corrected chi connectivity index (χ1v) is 11.4. The molecule has 0 saturated heterocycles. The van der Waals surface area contributed by atoms with Crippen LogP contribution in [0.3, 0.4) is 0 Å². The number of hydrogen-bond donors (Lipinski definition) is 0. The Kier molecular flexibility index (Phi) is 5.37. The van der Waals surface area contributed by atoms with E-state index >= 15 is 0 Å². The van der Waals surface area contributed by atoms with Crippen LogP contribution in [0.1, 0.15) is 52.6 Å². The normalized spacial score (nSPS) is 18.3. The topological polar surface area (TPSA) is 60.1 Å². The first-order chi connectivity index (χ1) is 16.1. The molecule has 9 heteroatoms. The number of carbonyl (C=O) groups is 1. The van der Waals surface area contributed by atoms with Gasteiger partial charge in [0.05, 0.1) is 17.6 Å². The molecule has 3 aromatic rings. The molecule has 0 radical (unpaired) electrons. The van der Waals surface area contributed by atoms with Crippen molar-refractivity contribution in [2.24, 2.45) is 5.92 Å². The number of aromatic nitrogens is 3. The van der Waals surface area contributed by atoms with Crippen LogP contribution in [-0.2, 0) is 25.7 Å². The van der Waals surface area contributed by atoms with Gasteiger partial charge in [-0.05, 0) is 74.4 Å². The van der Waals surface area contributed by atoms with Gasteiger partial charge >= 0.3 is 6.18 Å². The Morgan fingerprint density at radius 2 is 1.82 bits per heavy atom. The van der Waals surface area contributed by atoms with Crippen molar-refractivity contribution >= 4 is 5.91 Å². The summed E-state index contributed by atoms with van der Waals surface area (Å²) in [6.07, 6.45) is 1.53. The molecule has 1 aliphatic heterocycles. The summed E-state index contributed by atoms with van der Waals surface area (Å²) < 4.78 is 43.7. The molecule has 1 amide bonds. The molecule has 3 heterocycles. The molecule has 178 valence electrons. The van der Waals surface area contributed by atoms with Crippen molar-refractivity contribution in [3.63, 3.8) is 0 Å². The highest BCUT2D eigenvalue weighted by molar-refractivity contribution is 5.93. The molecular weight excluding hydrogens is 445 g/mol. The van der Waals surface area contributed by atoms with Gasteiger partial charge in [-0.15, -0.1) is 0 Å². The average Bonchev–Trinajstić information content (AvgIpc) is 3.48. The lowest BCUT2D eigenvalue weighted by molar-refractivity contribution is -0.137. The lowest BCUT2D eigenvalue weighted by atomic mass is 10.00. The van der Waals surface area contributed by atoms with Crippen LogP contribution in [0.2, 0.25) is 0 Å². The Balaban J connectivity index is 1.46. The van der Waals surface area contributed by atoms with Gasteiger partial charge in [-0.2, -0.15) is 13.2 Å². The monoisotopic (exact) mass is 470 g/mol. The lowest BCUT2D eigenvalue weighted by Crippen LogP contribution is -2.49. The number of alkyl halides is 3. The van der Waals surface area contributed by atoms with E-state index in [1.165, 1.54) is 10.6 Å². The van der Waals surface area contributed by atoms with E-state index in [2.05, 4.69) is 4.98 Å². The van der Waals surface area contributed by atoms with Gasteiger partial charge in [0.15, 0.2) is 0 Å². The van der Waals surface area contributed by atoms with E-state index < -0.39 is 11.7 Å². The second-order valence-electron chi connectivity index (χ2n) is 9.41. The molecule has 1 atom stereocenters. The van der Waals surface area contributed by atoms with E-state index in [0.29, 0.717) is 29.2 Å². The molecule has 1 aromatic carbocycles. The van der Waals surface area contributed by atoms with E-state index in [4.69, 9.17) is 0 Å². The quantitative estimate of drug-likeness (QED) is 0.557. The summed E-state index contributed by atoms with van der Waals surface area (Å²) in [5.74, 6) is 0.0736. The van der Waals surface area contributed by atoms with Gasteiger partial charge in [0.2, 0.25) is 0 Å². The van der Waals surface area contributed by atoms with E-state index in [-0.39, 0.29) is 36.3 Å². The summed E-state index contributed by atoms with van der Waals surface area (Å²) in [6.45, 7) is 3.94. The minimum atomic E-state index is -4.45. The summed E-state index contributed by atoms with van der Waals surface area (Å²) in [4.78, 5) is 32.1. The maximum Gasteiger partial charge on any atom is 0.416 e. The molecule has 0 spiro atoms. The number of carbonyl (C=O) groups excluding carboxylic acids is 1. The Labute approximate surface area is 194 Å². The van der Waals surface area contributed by atoms with Crippen LogP contribution < -0.4 is 5.56 Å². The number of pyridine rings is 1. The number of imidazole rings is 1. The number of hydrogen-bond acceptors (Lipinski definition) is 3. The van der Waals surface area contributed by atoms with Crippen LogP contribution in [0, 0.1) is 12.8 Å². The molecule has 34 heavy (non-hydrogen) atoms. The number of rotatable bonds is 5. The van der Waals surface area contributed by atoms with Crippen LogP contribution in [0.4, 0.5) is 13.2 Å². The lowest BCUT2D eigenvalue weighted by Gasteiger charge is -2.35. The molecular formula is C25H25F3N4O2. The van der Waals surface area contributed by atoms with Crippen LogP contribution >= 0.6 is 0 Å². The van der Waals surface area contributed by atoms with Crippen molar-refractivity contribution in [3.05, 3.63) is 81.3 Å². The van der Waals surface area contributed by atoms with Gasteiger partial charge in [-0.25, -0.2) is 4.98 Å². The molecule has 1 aliphatic carbocycles. The van der Waals surface area contributed by atoms with E-state index in [9.17, 15) is 22.8 Å². The Hall–Kier alpha value is -3.36. The number of halogens is 3. The third-order valence-corrected chi connectivity index (χ3v) is 6.56. The highest BCUT2D eigenvalue weighted by atomic mass is 19.4. The zero-order valence-electron chi connectivity index (χ0n) is 19.0. The fourth-order valence-electron chi connectivity index (χ4n) is 4.61. The maximum absolute atomic E-state index is 13.5. The van der Waals surface area contributed by atoms with Crippen LogP contribution in [0.25, 0.3) is 5.69 Å². The van der Waals surface area contributed by atoms with Gasteiger partial charge < -0.3 is 14.0 Å². The summed E-state index contributed by atoms with van der Waals surface area (Å²) in [5.41, 5.74) is 1.50. The molecule has 0 bridgehead atoms. The highest BCUT2D eigenvalue weighted by Gasteiger charge is 2.34. The standard InChI is InChI=1S/C25H25F3N4O2/c1-15-11-30(14-29-15)21-5-6-22-24(34)31(16(2)12-32(22)23(21)33)13-19-8-18(7-17-3-4-17)9-20(10-19)25(26,27)28/h5-6,8-11,14,16-17H,3-4,7,12-13H2,1-2H3/t16-/m1/s1. The Morgan fingerprint density at radius 3 is 2.47 bits per heavy atom. The van der Waals surface area contributed by atoms with Gasteiger partial charge in [0.25, 0.3) is 11.5 Å². The summed E-state index contributed by atoms with van der Waals surface area (Å²) >= 11 is 0. The maximum atomic E-state index is 13.5. The fourth-order valence-corrected chi connectivity index (χ4v) is 4.61. The van der Waals surface area contributed by atoms with E-state index in [1.54, 1.807) is 47.1 Å². The van der Waals surface area contributed by atoms with E-state index in [1.807, 2.05) is 6.92 Å². The number of nitrogens with zero attached hydrogens (tertiary/aromatic N) is 4. The second-order valence-corrected chi connectivity index (χ2v) is 9.41. The predicted octanol–water partition coefficient (Wildman–Crippen LogP) is 4.36. The summed E-state index contributed by atoms with van der Waals surface area (Å²) in [5, 5.41) is 0. The minimum absolute atomic E-state index is 0.0538. The molecule has 5 rings (SSSR count). The number of benzene rings is 1. The second kappa shape index (κ2) is 8.14. The molecule has 2 aliphatic rings. The summed E-state index contributed by atoms with van der Waals surface area (Å²) in [6, 6.07) is 6.94. The van der Waals surface area contributed by atoms with Gasteiger partial charge in [-0.1, -0.05) is 6.07 Å². The molecule has 1 saturated carbocycles. The molecule has 0 unspecified atom stereocenters. The largest absolute Gasteiger partial charge is 0.416 e. The van der Waals surface area contributed by atoms with Gasteiger partial charge in [0, 0.05) is 25.3 Å². The van der Waals surface area contributed by atoms with E-state index in [0.717, 1.165) is 24.6 Å². The summed E-state index contributed by atoms with van der Waals surface area (Å²) in [7, 11) is 0. The van der Waals surface area contributed by atoms with Crippen LogP contribution in [-0.4, -0.2) is 31.0 Å². The zero-order valence-corrected chi connectivity index (χ0v) is 19.0. The van der Waals surface area contributed by atoms with Crippen molar-refractivity contribution < 1.29 is 18.0 Å². The first-order valence-electron chi connectivity index (χ1n) is 11.4.